The maximum absolute atomic E-state index is 13.4. The number of carbonyl (C=O) groups excluding carboxylic acids is 2. The number of fused-ring (bicyclic) bond motifs is 1. The van der Waals surface area contributed by atoms with E-state index in [0.717, 1.165) is 4.90 Å². The van der Waals surface area contributed by atoms with Crippen molar-refractivity contribution in [2.75, 3.05) is 19.2 Å². The van der Waals surface area contributed by atoms with Crippen molar-refractivity contribution in [2.24, 2.45) is 10.8 Å². The molecule has 1 aliphatic heterocycles. The molecule has 5 nitrogen and oxygen atoms in total. The Labute approximate surface area is 130 Å². The van der Waals surface area contributed by atoms with E-state index in [1.807, 2.05) is 0 Å². The molecule has 1 aliphatic carbocycles. The van der Waals surface area contributed by atoms with Gasteiger partial charge in [0.1, 0.15) is 16.4 Å². The van der Waals surface area contributed by atoms with Crippen molar-refractivity contribution in [3.8, 4) is 0 Å². The molecule has 126 valence electrons. The number of halogens is 4. The van der Waals surface area contributed by atoms with Crippen molar-refractivity contribution in [1.82, 2.24) is 4.90 Å². The third-order valence-corrected chi connectivity index (χ3v) is 4.20. The number of hydrogen-bond donors (Lipinski definition) is 0. The molecule has 0 N–H and O–H groups in total. The van der Waals surface area contributed by atoms with Gasteiger partial charge >= 0.3 is 18.2 Å². The normalized spacial score (nSPS) is 30.8. The van der Waals surface area contributed by atoms with Crippen molar-refractivity contribution in [1.29, 1.82) is 0 Å². The van der Waals surface area contributed by atoms with Gasteiger partial charge in [0, 0.05) is 13.1 Å². The van der Waals surface area contributed by atoms with Gasteiger partial charge in [0.05, 0.1) is 0 Å². The van der Waals surface area contributed by atoms with Gasteiger partial charge in [0.15, 0.2) is 6.07 Å². The fourth-order valence-electron chi connectivity index (χ4n) is 3.03. The highest BCUT2D eigenvalue weighted by molar-refractivity contribution is 6.17. The molecule has 1 amide bonds. The summed E-state index contributed by atoms with van der Waals surface area (Å²) in [5.74, 6) is -1.02. The fraction of sp³-hybridized carbons (Fsp3) is 0.846. The van der Waals surface area contributed by atoms with Crippen LogP contribution in [-0.2, 0) is 14.3 Å². The summed E-state index contributed by atoms with van der Waals surface area (Å²) in [7, 11) is 0. The van der Waals surface area contributed by atoms with Crippen LogP contribution in [0.5, 0.6) is 0 Å². The van der Waals surface area contributed by atoms with Crippen LogP contribution in [0.4, 0.5) is 18.0 Å². The summed E-state index contributed by atoms with van der Waals surface area (Å²) in [6, 6.07) is -0.527. The SMILES string of the molecule is CC(C)(C)OC(=O)N1CC2(C(=O)OCCl)CC2(C(F)(F)F)C1. The molecular weight excluding hydrogens is 327 g/mol. The number of carbonyl (C=O) groups is 2. The lowest BCUT2D eigenvalue weighted by Gasteiger charge is -2.26. The van der Waals surface area contributed by atoms with E-state index in [9.17, 15) is 22.8 Å². The van der Waals surface area contributed by atoms with Crippen molar-refractivity contribution in [3.63, 3.8) is 0 Å². The summed E-state index contributed by atoms with van der Waals surface area (Å²) >= 11 is 5.27. The van der Waals surface area contributed by atoms with E-state index < -0.39 is 53.7 Å². The number of ether oxygens (including phenoxy) is 2. The van der Waals surface area contributed by atoms with Crippen molar-refractivity contribution >= 4 is 23.7 Å². The second kappa shape index (κ2) is 4.91. The first-order chi connectivity index (χ1) is 9.88. The highest BCUT2D eigenvalue weighted by Gasteiger charge is 2.87. The maximum atomic E-state index is 13.4. The first-order valence-electron chi connectivity index (χ1n) is 6.66. The van der Waals surface area contributed by atoms with Crippen LogP contribution < -0.4 is 0 Å². The molecule has 2 unspecified atom stereocenters. The summed E-state index contributed by atoms with van der Waals surface area (Å²) in [4.78, 5) is 24.8. The third kappa shape index (κ3) is 2.51. The van der Waals surface area contributed by atoms with Crippen molar-refractivity contribution < 1.29 is 32.2 Å². The molecule has 0 spiro atoms. The predicted octanol–water partition coefficient (Wildman–Crippen LogP) is 2.92. The second-order valence-electron chi connectivity index (χ2n) is 6.72. The first-order valence-corrected chi connectivity index (χ1v) is 7.20. The summed E-state index contributed by atoms with van der Waals surface area (Å²) in [6.45, 7) is 3.84. The zero-order chi connectivity index (χ0) is 17.0. The highest BCUT2D eigenvalue weighted by Crippen LogP contribution is 2.75. The minimum atomic E-state index is -4.62. The van der Waals surface area contributed by atoms with E-state index in [-0.39, 0.29) is 6.54 Å². The molecular formula is C13H17ClF3NO4. The maximum Gasteiger partial charge on any atom is 0.410 e. The Hall–Kier alpha value is -1.18. The van der Waals surface area contributed by atoms with Crippen LogP contribution >= 0.6 is 11.6 Å². The fourth-order valence-corrected chi connectivity index (χ4v) is 3.13. The molecule has 22 heavy (non-hydrogen) atoms. The standard InChI is InChI=1S/C13H17ClF3NO4/c1-10(2,3)22-9(20)18-5-11(8(19)21-7-14)4-12(11,6-18)13(15,16)17/h4-7H2,1-3H3. The van der Waals surface area contributed by atoms with Gasteiger partial charge in [0.25, 0.3) is 0 Å². The monoisotopic (exact) mass is 343 g/mol. The van der Waals surface area contributed by atoms with Gasteiger partial charge in [-0.1, -0.05) is 11.6 Å². The Kier molecular flexibility index (Phi) is 3.83. The first kappa shape index (κ1) is 17.2. The summed E-state index contributed by atoms with van der Waals surface area (Å²) in [5.41, 5.74) is -4.86. The molecule has 9 heteroatoms. The lowest BCUT2D eigenvalue weighted by molar-refractivity contribution is -0.197. The van der Waals surface area contributed by atoms with Crippen LogP contribution in [0.1, 0.15) is 27.2 Å². The summed E-state index contributed by atoms with van der Waals surface area (Å²) < 4.78 is 49.8. The van der Waals surface area contributed by atoms with Gasteiger partial charge in [-0.2, -0.15) is 13.2 Å². The number of esters is 1. The topological polar surface area (TPSA) is 55.8 Å². The van der Waals surface area contributed by atoms with Gasteiger partial charge in [-0.3, -0.25) is 4.79 Å². The molecule has 1 saturated carbocycles. The quantitative estimate of drug-likeness (QED) is 0.571. The number of rotatable bonds is 2. The van der Waals surface area contributed by atoms with Crippen LogP contribution in [0.25, 0.3) is 0 Å². The zero-order valence-corrected chi connectivity index (χ0v) is 13.2. The zero-order valence-electron chi connectivity index (χ0n) is 12.4. The van der Waals surface area contributed by atoms with Crippen LogP contribution in [0.15, 0.2) is 0 Å². The molecule has 2 fully saturated rings. The number of amides is 1. The summed E-state index contributed by atoms with van der Waals surface area (Å²) in [5, 5.41) is 0. The van der Waals surface area contributed by atoms with Gasteiger partial charge in [-0.25, -0.2) is 4.79 Å². The van der Waals surface area contributed by atoms with E-state index in [1.165, 1.54) is 0 Å². The number of alkyl halides is 4. The molecule has 2 aliphatic rings. The van der Waals surface area contributed by atoms with Crippen LogP contribution in [0, 0.1) is 10.8 Å². The molecule has 0 aromatic heterocycles. The number of nitrogens with zero attached hydrogens (tertiary/aromatic N) is 1. The van der Waals surface area contributed by atoms with Crippen LogP contribution in [-0.4, -0.2) is 47.9 Å². The second-order valence-corrected chi connectivity index (χ2v) is 6.93. The third-order valence-electron chi connectivity index (χ3n) is 4.09. The van der Waals surface area contributed by atoms with E-state index in [4.69, 9.17) is 16.3 Å². The van der Waals surface area contributed by atoms with Gasteiger partial charge < -0.3 is 14.4 Å². The molecule has 0 bridgehead atoms. The van der Waals surface area contributed by atoms with E-state index in [0.29, 0.717) is 0 Å². The average Bonchev–Trinajstić information content (AvgIpc) is 2.86. The number of piperidine rings is 1. The molecule has 0 aromatic carbocycles. The number of likely N-dealkylation sites (tertiary alicyclic amines) is 1. The van der Waals surface area contributed by atoms with Gasteiger partial charge in [0.2, 0.25) is 0 Å². The van der Waals surface area contributed by atoms with Gasteiger partial charge in [-0.15, -0.1) is 0 Å². The summed E-state index contributed by atoms with van der Waals surface area (Å²) in [6.07, 6.45) is -5.88. The Balaban J connectivity index is 2.23. The van der Waals surface area contributed by atoms with E-state index in [1.54, 1.807) is 20.8 Å². The number of hydrogen-bond acceptors (Lipinski definition) is 4. The lowest BCUT2D eigenvalue weighted by atomic mass is 9.96. The molecule has 1 saturated heterocycles. The van der Waals surface area contributed by atoms with E-state index >= 15 is 0 Å². The smallest absolute Gasteiger partial charge is 0.410 e. The lowest BCUT2D eigenvalue weighted by Crippen LogP contribution is -2.39. The molecule has 2 rings (SSSR count). The van der Waals surface area contributed by atoms with Gasteiger partial charge in [-0.05, 0) is 27.2 Å². The Morgan fingerprint density at radius 1 is 1.23 bits per heavy atom. The highest BCUT2D eigenvalue weighted by atomic mass is 35.5. The Morgan fingerprint density at radius 3 is 2.27 bits per heavy atom. The predicted molar refractivity (Wildman–Crippen MR) is 70.2 cm³/mol. The van der Waals surface area contributed by atoms with Crippen molar-refractivity contribution in [3.05, 3.63) is 0 Å². The minimum Gasteiger partial charge on any atom is -0.449 e. The minimum absolute atomic E-state index is 0.378. The Morgan fingerprint density at radius 2 is 1.82 bits per heavy atom. The largest absolute Gasteiger partial charge is 0.449 e. The van der Waals surface area contributed by atoms with E-state index in [2.05, 4.69) is 4.74 Å². The molecule has 0 aromatic rings. The van der Waals surface area contributed by atoms with Crippen molar-refractivity contribution in [2.45, 2.75) is 39.0 Å². The van der Waals surface area contributed by atoms with Crippen LogP contribution in [0.3, 0.4) is 0 Å². The molecule has 1 heterocycles. The van der Waals surface area contributed by atoms with Crippen LogP contribution in [0.2, 0.25) is 0 Å². The average molecular weight is 344 g/mol. The molecule has 0 radical (unpaired) electrons. The molecule has 2 atom stereocenters. The Bertz CT molecular complexity index is 504.